The van der Waals surface area contributed by atoms with E-state index >= 15 is 0 Å². The fourth-order valence-corrected chi connectivity index (χ4v) is 2.70. The highest BCUT2D eigenvalue weighted by atomic mass is 15.3. The van der Waals surface area contributed by atoms with Crippen LogP contribution in [0.3, 0.4) is 0 Å². The van der Waals surface area contributed by atoms with Gasteiger partial charge in [-0.1, -0.05) is 48.5 Å². The molecule has 0 aliphatic carbocycles. The molecule has 1 aliphatic rings. The zero-order valence-electron chi connectivity index (χ0n) is 13.0. The number of benzene rings is 2. The molecule has 4 nitrogen and oxygen atoms in total. The van der Waals surface area contributed by atoms with E-state index in [-0.39, 0.29) is 6.17 Å². The second-order valence-electron chi connectivity index (χ2n) is 5.47. The summed E-state index contributed by atoms with van der Waals surface area (Å²) >= 11 is 0. The number of para-hydroxylation sites is 1. The van der Waals surface area contributed by atoms with E-state index < -0.39 is 0 Å². The number of aromatic nitrogens is 1. The van der Waals surface area contributed by atoms with Crippen molar-refractivity contribution in [3.05, 3.63) is 96.3 Å². The van der Waals surface area contributed by atoms with Crippen molar-refractivity contribution in [3.63, 3.8) is 0 Å². The maximum absolute atomic E-state index is 4.88. The minimum absolute atomic E-state index is 0.152. The van der Waals surface area contributed by atoms with Gasteiger partial charge in [0.15, 0.2) is 12.0 Å². The molecule has 0 bridgehead atoms. The van der Waals surface area contributed by atoms with Crippen LogP contribution >= 0.6 is 0 Å². The number of nitrogens with zero attached hydrogens (tertiary/aromatic N) is 4. The number of rotatable bonds is 3. The van der Waals surface area contributed by atoms with Crippen LogP contribution in [-0.4, -0.2) is 17.2 Å². The molecule has 1 atom stereocenters. The maximum Gasteiger partial charge on any atom is 0.160 e. The van der Waals surface area contributed by atoms with E-state index in [4.69, 9.17) is 4.99 Å². The Balaban J connectivity index is 1.78. The van der Waals surface area contributed by atoms with Crippen LogP contribution in [0.1, 0.15) is 17.3 Å². The number of amidine groups is 1. The zero-order valence-corrected chi connectivity index (χ0v) is 13.0. The molecule has 0 amide bonds. The van der Waals surface area contributed by atoms with Crippen LogP contribution in [0.2, 0.25) is 0 Å². The molecule has 1 aromatic heterocycles. The van der Waals surface area contributed by atoms with Crippen molar-refractivity contribution < 1.29 is 0 Å². The Hall–Kier alpha value is -3.27. The molecular formula is C20H16N4. The lowest BCUT2D eigenvalue weighted by atomic mass is 10.1. The minimum atomic E-state index is -0.152. The highest BCUT2D eigenvalue weighted by molar-refractivity contribution is 6.06. The molecule has 1 unspecified atom stereocenters. The number of pyridine rings is 1. The Bertz CT molecular complexity index is 858. The fraction of sp³-hybridized carbons (Fsp3) is 0.0500. The minimum Gasteiger partial charge on any atom is -0.305 e. The summed E-state index contributed by atoms with van der Waals surface area (Å²) in [7, 11) is 0. The summed E-state index contributed by atoms with van der Waals surface area (Å²) in [5.41, 5.74) is 3.10. The van der Waals surface area contributed by atoms with Crippen LogP contribution in [-0.2, 0) is 0 Å². The molecule has 116 valence electrons. The fourth-order valence-electron chi connectivity index (χ4n) is 2.70. The second kappa shape index (κ2) is 6.46. The molecule has 24 heavy (non-hydrogen) atoms. The van der Waals surface area contributed by atoms with E-state index in [1.807, 2.05) is 54.9 Å². The lowest BCUT2D eigenvalue weighted by Crippen LogP contribution is -2.30. The highest BCUT2D eigenvalue weighted by Crippen LogP contribution is 2.29. The van der Waals surface area contributed by atoms with Crippen LogP contribution in [0.15, 0.2) is 95.2 Å². The molecule has 0 N–H and O–H groups in total. The number of hydrogen-bond donors (Lipinski definition) is 0. The molecule has 4 rings (SSSR count). The van der Waals surface area contributed by atoms with Gasteiger partial charge in [0.25, 0.3) is 0 Å². The molecule has 0 saturated heterocycles. The van der Waals surface area contributed by atoms with Crippen molar-refractivity contribution >= 4 is 17.9 Å². The Morgan fingerprint density at radius 2 is 1.54 bits per heavy atom. The van der Waals surface area contributed by atoms with E-state index in [0.717, 1.165) is 16.8 Å². The van der Waals surface area contributed by atoms with Crippen LogP contribution in [0.25, 0.3) is 0 Å². The summed E-state index contributed by atoms with van der Waals surface area (Å²) in [5, 5.41) is 0. The predicted octanol–water partition coefficient (Wildman–Crippen LogP) is 4.08. The van der Waals surface area contributed by atoms with Gasteiger partial charge in [0.1, 0.15) is 0 Å². The molecular weight excluding hydrogens is 296 g/mol. The Labute approximate surface area is 140 Å². The van der Waals surface area contributed by atoms with Gasteiger partial charge in [0.2, 0.25) is 0 Å². The number of aliphatic imine (C=N–C) groups is 2. The largest absolute Gasteiger partial charge is 0.305 e. The predicted molar refractivity (Wildman–Crippen MR) is 97.4 cm³/mol. The third kappa shape index (κ3) is 2.82. The highest BCUT2D eigenvalue weighted by Gasteiger charge is 2.23. The molecule has 0 spiro atoms. The summed E-state index contributed by atoms with van der Waals surface area (Å²) in [4.78, 5) is 15.7. The summed E-state index contributed by atoms with van der Waals surface area (Å²) in [6, 6.07) is 24.3. The van der Waals surface area contributed by atoms with Crippen molar-refractivity contribution in [2.45, 2.75) is 6.17 Å². The van der Waals surface area contributed by atoms with Crippen molar-refractivity contribution in [2.24, 2.45) is 9.98 Å². The van der Waals surface area contributed by atoms with Crippen LogP contribution in [0, 0.1) is 0 Å². The van der Waals surface area contributed by atoms with Crippen molar-refractivity contribution in [1.82, 2.24) is 4.98 Å². The molecule has 2 aromatic carbocycles. The van der Waals surface area contributed by atoms with Crippen molar-refractivity contribution in [2.75, 3.05) is 4.90 Å². The Morgan fingerprint density at radius 1 is 0.792 bits per heavy atom. The van der Waals surface area contributed by atoms with Crippen LogP contribution in [0.5, 0.6) is 0 Å². The van der Waals surface area contributed by atoms with E-state index in [1.165, 1.54) is 0 Å². The van der Waals surface area contributed by atoms with E-state index in [1.54, 1.807) is 12.4 Å². The lowest BCUT2D eigenvalue weighted by molar-refractivity contribution is 0.751. The Morgan fingerprint density at radius 3 is 2.25 bits per heavy atom. The quantitative estimate of drug-likeness (QED) is 0.731. The molecule has 0 fully saturated rings. The molecule has 3 aromatic rings. The molecule has 0 saturated carbocycles. The van der Waals surface area contributed by atoms with Gasteiger partial charge in [0.05, 0.1) is 6.34 Å². The van der Waals surface area contributed by atoms with Gasteiger partial charge in [-0.3, -0.25) is 4.98 Å². The van der Waals surface area contributed by atoms with E-state index in [0.29, 0.717) is 5.84 Å². The first kappa shape index (κ1) is 14.3. The topological polar surface area (TPSA) is 40.9 Å². The van der Waals surface area contributed by atoms with Crippen molar-refractivity contribution in [3.8, 4) is 0 Å². The third-order valence-electron chi connectivity index (χ3n) is 3.88. The Kier molecular flexibility index (Phi) is 3.86. The lowest BCUT2D eigenvalue weighted by Gasteiger charge is -2.30. The average Bonchev–Trinajstić information content (AvgIpc) is 2.69. The number of hydrogen-bond acceptors (Lipinski definition) is 4. The van der Waals surface area contributed by atoms with Gasteiger partial charge < -0.3 is 4.90 Å². The van der Waals surface area contributed by atoms with E-state index in [9.17, 15) is 0 Å². The smallest absolute Gasteiger partial charge is 0.160 e. The normalized spacial score (nSPS) is 16.8. The first-order chi connectivity index (χ1) is 11.9. The first-order valence-corrected chi connectivity index (χ1v) is 7.82. The zero-order chi connectivity index (χ0) is 16.2. The van der Waals surface area contributed by atoms with E-state index in [2.05, 4.69) is 39.1 Å². The average molecular weight is 312 g/mol. The van der Waals surface area contributed by atoms with Gasteiger partial charge >= 0.3 is 0 Å². The van der Waals surface area contributed by atoms with Crippen LogP contribution in [0.4, 0.5) is 5.69 Å². The van der Waals surface area contributed by atoms with Crippen LogP contribution < -0.4 is 4.90 Å². The monoisotopic (exact) mass is 312 g/mol. The maximum atomic E-state index is 4.88. The molecule has 0 radical (unpaired) electrons. The van der Waals surface area contributed by atoms with Gasteiger partial charge in [-0.15, -0.1) is 0 Å². The standard InChI is InChI=1S/C20H16N4/c1-3-8-16(9-4-1)20-23-19(17-10-7-13-21-14-17)22-15-24(20)18-11-5-2-6-12-18/h1-15,20H. The molecule has 1 aliphatic heterocycles. The van der Waals surface area contributed by atoms with Gasteiger partial charge in [-0.05, 0) is 29.8 Å². The summed E-state index contributed by atoms with van der Waals surface area (Å²) in [6.07, 6.45) is 5.24. The summed E-state index contributed by atoms with van der Waals surface area (Å²) < 4.78 is 0. The van der Waals surface area contributed by atoms with Gasteiger partial charge in [-0.2, -0.15) is 0 Å². The number of anilines is 1. The SMILES string of the molecule is C1=NC(c2cccnc2)=NC(c2ccccc2)N1c1ccccc1. The van der Waals surface area contributed by atoms with Gasteiger partial charge in [0, 0.05) is 23.6 Å². The summed E-state index contributed by atoms with van der Waals surface area (Å²) in [6.45, 7) is 0. The molecule has 4 heteroatoms. The van der Waals surface area contributed by atoms with Gasteiger partial charge in [-0.25, -0.2) is 9.98 Å². The third-order valence-corrected chi connectivity index (χ3v) is 3.88. The van der Waals surface area contributed by atoms with Crippen molar-refractivity contribution in [1.29, 1.82) is 0 Å². The summed E-state index contributed by atoms with van der Waals surface area (Å²) in [5.74, 6) is 0.698. The molecule has 2 heterocycles. The second-order valence-corrected chi connectivity index (χ2v) is 5.47. The first-order valence-electron chi connectivity index (χ1n) is 7.82.